The van der Waals surface area contributed by atoms with Crippen LogP contribution in [0.15, 0.2) is 24.3 Å². The van der Waals surface area contributed by atoms with Gasteiger partial charge in [-0.25, -0.2) is 0 Å². The van der Waals surface area contributed by atoms with E-state index in [9.17, 15) is 4.79 Å². The van der Waals surface area contributed by atoms with Crippen LogP contribution in [0.2, 0.25) is 5.02 Å². The monoisotopic (exact) mass is 335 g/mol. The van der Waals surface area contributed by atoms with Gasteiger partial charge in [-0.3, -0.25) is 4.79 Å². The molecule has 2 fully saturated rings. The van der Waals surface area contributed by atoms with Gasteiger partial charge in [0.25, 0.3) is 0 Å². The molecule has 0 aromatic heterocycles. The van der Waals surface area contributed by atoms with Crippen LogP contribution < -0.4 is 5.32 Å². The Labute approximate surface area is 143 Å². The minimum absolute atomic E-state index is 0.126. The summed E-state index contributed by atoms with van der Waals surface area (Å²) in [5.41, 5.74) is 1.36. The van der Waals surface area contributed by atoms with Crippen LogP contribution in [0.25, 0.3) is 0 Å². The van der Waals surface area contributed by atoms with Crippen molar-refractivity contribution >= 4 is 17.6 Å². The molecule has 3 nitrogen and oxygen atoms in total. The van der Waals surface area contributed by atoms with Gasteiger partial charge in [0.05, 0.1) is 5.92 Å². The lowest BCUT2D eigenvalue weighted by atomic mass is 9.80. The van der Waals surface area contributed by atoms with Crippen molar-refractivity contribution in [2.75, 3.05) is 0 Å². The van der Waals surface area contributed by atoms with Crippen LogP contribution >= 0.6 is 11.6 Å². The Morgan fingerprint density at radius 3 is 2.57 bits per heavy atom. The van der Waals surface area contributed by atoms with E-state index < -0.39 is 5.97 Å². The zero-order chi connectivity index (χ0) is 16.2. The van der Waals surface area contributed by atoms with Gasteiger partial charge in [0.2, 0.25) is 0 Å². The van der Waals surface area contributed by atoms with Crippen molar-refractivity contribution in [3.05, 3.63) is 34.9 Å². The van der Waals surface area contributed by atoms with Gasteiger partial charge in [0.15, 0.2) is 0 Å². The van der Waals surface area contributed by atoms with E-state index >= 15 is 0 Å². The number of aliphatic carboxylic acids is 1. The zero-order valence-electron chi connectivity index (χ0n) is 13.5. The number of hydrogen-bond donors (Lipinski definition) is 2. The number of carbonyl (C=O) groups is 1. The molecule has 0 heterocycles. The number of halogens is 1. The van der Waals surface area contributed by atoms with E-state index in [0.29, 0.717) is 18.0 Å². The molecule has 0 spiro atoms. The van der Waals surface area contributed by atoms with Gasteiger partial charge in [-0.1, -0.05) is 30.2 Å². The first-order valence-electron chi connectivity index (χ1n) is 8.86. The molecule has 0 radical (unpaired) electrons. The van der Waals surface area contributed by atoms with E-state index in [1.54, 1.807) is 0 Å². The molecule has 0 bridgehead atoms. The molecular formula is C19H26ClNO2. The molecule has 2 aliphatic carbocycles. The average molecular weight is 336 g/mol. The highest BCUT2D eigenvalue weighted by atomic mass is 35.5. The summed E-state index contributed by atoms with van der Waals surface area (Å²) in [6.45, 7) is 0. The van der Waals surface area contributed by atoms with Crippen LogP contribution in [-0.2, 0) is 4.79 Å². The molecule has 2 unspecified atom stereocenters. The minimum atomic E-state index is -0.623. The quantitative estimate of drug-likeness (QED) is 0.845. The fraction of sp³-hybridized carbons (Fsp3) is 0.632. The summed E-state index contributed by atoms with van der Waals surface area (Å²) in [6, 6.07) is 9.32. The summed E-state index contributed by atoms with van der Waals surface area (Å²) in [4.78, 5) is 11.0. The van der Waals surface area contributed by atoms with Crippen LogP contribution in [0.1, 0.15) is 62.8 Å². The van der Waals surface area contributed by atoms with Crippen LogP contribution in [-0.4, -0.2) is 23.2 Å². The number of carboxylic acid groups (broad SMARTS) is 1. The van der Waals surface area contributed by atoms with Crippen LogP contribution in [0, 0.1) is 5.92 Å². The Kier molecular flexibility index (Phi) is 5.60. The van der Waals surface area contributed by atoms with Crippen molar-refractivity contribution in [1.82, 2.24) is 5.32 Å². The number of benzene rings is 1. The molecule has 0 aliphatic heterocycles. The van der Waals surface area contributed by atoms with Crippen molar-refractivity contribution < 1.29 is 9.90 Å². The lowest BCUT2D eigenvalue weighted by Crippen LogP contribution is -2.43. The second-order valence-corrected chi connectivity index (χ2v) is 7.61. The van der Waals surface area contributed by atoms with Crippen LogP contribution in [0.4, 0.5) is 0 Å². The maximum atomic E-state index is 11.0. The summed E-state index contributed by atoms with van der Waals surface area (Å²) < 4.78 is 0. The normalized spacial score (nSPS) is 31.7. The van der Waals surface area contributed by atoms with E-state index in [0.717, 1.165) is 30.7 Å². The van der Waals surface area contributed by atoms with E-state index in [-0.39, 0.29) is 5.92 Å². The van der Waals surface area contributed by atoms with Gasteiger partial charge in [0, 0.05) is 17.1 Å². The van der Waals surface area contributed by atoms with Gasteiger partial charge in [-0.05, 0) is 68.6 Å². The topological polar surface area (TPSA) is 49.3 Å². The molecule has 1 aromatic carbocycles. The standard InChI is InChI=1S/C19H26ClNO2/c20-16-5-1-3-14(11-16)15-4-2-6-18(12-15)21-17-9-7-13(8-10-17)19(22)23/h1,3,5,11,13,15,17-18,21H,2,4,6-10,12H2,(H,22,23). The van der Waals surface area contributed by atoms with Gasteiger partial charge >= 0.3 is 5.97 Å². The molecule has 1 aromatic rings. The van der Waals surface area contributed by atoms with E-state index in [2.05, 4.69) is 17.4 Å². The maximum Gasteiger partial charge on any atom is 0.306 e. The third kappa shape index (κ3) is 4.48. The first kappa shape index (κ1) is 16.8. The smallest absolute Gasteiger partial charge is 0.306 e. The van der Waals surface area contributed by atoms with Crippen molar-refractivity contribution in [3.8, 4) is 0 Å². The third-order valence-corrected chi connectivity index (χ3v) is 5.78. The highest BCUT2D eigenvalue weighted by Gasteiger charge is 2.29. The second kappa shape index (κ2) is 7.67. The van der Waals surface area contributed by atoms with Crippen molar-refractivity contribution in [2.24, 2.45) is 5.92 Å². The van der Waals surface area contributed by atoms with Crippen molar-refractivity contribution in [2.45, 2.75) is 69.4 Å². The van der Waals surface area contributed by atoms with E-state index in [1.807, 2.05) is 12.1 Å². The molecule has 2 atom stereocenters. The molecule has 23 heavy (non-hydrogen) atoms. The highest BCUT2D eigenvalue weighted by Crippen LogP contribution is 2.35. The second-order valence-electron chi connectivity index (χ2n) is 7.17. The molecule has 0 saturated heterocycles. The fourth-order valence-electron chi connectivity index (χ4n) is 4.24. The Hall–Kier alpha value is -1.06. The van der Waals surface area contributed by atoms with Crippen LogP contribution in [0.3, 0.4) is 0 Å². The Morgan fingerprint density at radius 2 is 1.87 bits per heavy atom. The van der Waals surface area contributed by atoms with Crippen LogP contribution in [0.5, 0.6) is 0 Å². The Bertz CT molecular complexity index is 540. The first-order valence-corrected chi connectivity index (χ1v) is 9.24. The lowest BCUT2D eigenvalue weighted by Gasteiger charge is -2.35. The van der Waals surface area contributed by atoms with Gasteiger partial charge in [0.1, 0.15) is 0 Å². The SMILES string of the molecule is O=C(O)C1CCC(NC2CCCC(c3cccc(Cl)c3)C2)CC1. The average Bonchev–Trinajstić information content (AvgIpc) is 2.56. The summed E-state index contributed by atoms with van der Waals surface area (Å²) in [6.07, 6.45) is 8.51. The number of hydrogen-bond acceptors (Lipinski definition) is 2. The zero-order valence-corrected chi connectivity index (χ0v) is 14.3. The molecule has 0 amide bonds. The molecule has 4 heteroatoms. The summed E-state index contributed by atoms with van der Waals surface area (Å²) in [5.74, 6) is -0.156. The summed E-state index contributed by atoms with van der Waals surface area (Å²) in [7, 11) is 0. The molecule has 3 rings (SSSR count). The van der Waals surface area contributed by atoms with E-state index in [1.165, 1.54) is 31.2 Å². The fourth-order valence-corrected chi connectivity index (χ4v) is 4.44. The molecule has 2 N–H and O–H groups in total. The number of carboxylic acids is 1. The Balaban J connectivity index is 1.52. The predicted molar refractivity (Wildman–Crippen MR) is 93.0 cm³/mol. The van der Waals surface area contributed by atoms with Gasteiger partial charge in [-0.2, -0.15) is 0 Å². The number of rotatable bonds is 4. The highest BCUT2D eigenvalue weighted by molar-refractivity contribution is 6.30. The Morgan fingerprint density at radius 1 is 1.09 bits per heavy atom. The van der Waals surface area contributed by atoms with Gasteiger partial charge < -0.3 is 10.4 Å². The summed E-state index contributed by atoms with van der Waals surface area (Å²) >= 11 is 6.13. The summed E-state index contributed by atoms with van der Waals surface area (Å²) in [5, 5.41) is 13.7. The third-order valence-electron chi connectivity index (χ3n) is 5.54. The van der Waals surface area contributed by atoms with Crippen molar-refractivity contribution in [1.29, 1.82) is 0 Å². The number of nitrogens with one attached hydrogen (secondary N) is 1. The molecule has 2 saturated carbocycles. The van der Waals surface area contributed by atoms with Gasteiger partial charge in [-0.15, -0.1) is 0 Å². The lowest BCUT2D eigenvalue weighted by molar-refractivity contribution is -0.142. The first-order chi connectivity index (χ1) is 11.1. The largest absolute Gasteiger partial charge is 0.481 e. The van der Waals surface area contributed by atoms with Crippen molar-refractivity contribution in [3.63, 3.8) is 0 Å². The molecule has 2 aliphatic rings. The predicted octanol–water partition coefficient (Wildman–Crippen LogP) is 4.60. The molecular weight excluding hydrogens is 310 g/mol. The van der Waals surface area contributed by atoms with E-state index in [4.69, 9.17) is 16.7 Å². The minimum Gasteiger partial charge on any atom is -0.481 e. The molecule has 126 valence electrons. The maximum absolute atomic E-state index is 11.0.